The lowest BCUT2D eigenvalue weighted by molar-refractivity contribution is -0.149. The third-order valence-corrected chi connectivity index (χ3v) is 0.504. The maximum absolute atomic E-state index is 10.1. The fourth-order valence-electron chi connectivity index (χ4n) is 0.178. The summed E-state index contributed by atoms with van der Waals surface area (Å²) in [7, 11) is 0. The van der Waals surface area contributed by atoms with Crippen molar-refractivity contribution >= 4 is 12.4 Å². The van der Waals surface area contributed by atoms with Crippen LogP contribution in [0, 0.1) is 0 Å². The molecule has 0 aromatic heterocycles. The molecule has 0 saturated carbocycles. The third kappa shape index (κ3) is 4.76. The van der Waals surface area contributed by atoms with E-state index in [4.69, 9.17) is 5.73 Å². The van der Waals surface area contributed by atoms with E-state index in [1.54, 1.807) is 0 Å². The summed E-state index contributed by atoms with van der Waals surface area (Å²) in [5, 5.41) is 0. The second kappa shape index (κ2) is 5.04. The largest absolute Gasteiger partial charge is 0.427 e. The molecular formula is C4H6NO4. The van der Waals surface area contributed by atoms with Crippen molar-refractivity contribution in [2.45, 2.75) is 0 Å². The Bertz CT molecular complexity index is 103. The molecular weight excluding hydrogens is 126 g/mol. The molecule has 0 aliphatic carbocycles. The summed E-state index contributed by atoms with van der Waals surface area (Å²) in [4.78, 5) is 19.4. The summed E-state index contributed by atoms with van der Waals surface area (Å²) in [6.07, 6.45) is 0. The zero-order chi connectivity index (χ0) is 7.11. The van der Waals surface area contributed by atoms with Crippen LogP contribution in [0.15, 0.2) is 0 Å². The highest BCUT2D eigenvalue weighted by Crippen LogP contribution is 1.73. The van der Waals surface area contributed by atoms with Crippen molar-refractivity contribution in [3.63, 3.8) is 0 Å². The van der Waals surface area contributed by atoms with Gasteiger partial charge in [0.15, 0.2) is 0 Å². The highest BCUT2D eigenvalue weighted by atomic mass is 16.7. The van der Waals surface area contributed by atoms with Gasteiger partial charge in [0.05, 0.1) is 6.54 Å². The molecule has 2 N–H and O–H groups in total. The van der Waals surface area contributed by atoms with Crippen LogP contribution in [0.1, 0.15) is 0 Å². The Morgan fingerprint density at radius 2 is 2.33 bits per heavy atom. The molecule has 51 valence electrons. The van der Waals surface area contributed by atoms with Gasteiger partial charge in [-0.1, -0.05) is 0 Å². The Morgan fingerprint density at radius 3 is 2.78 bits per heavy atom. The van der Waals surface area contributed by atoms with E-state index in [2.05, 4.69) is 9.47 Å². The van der Waals surface area contributed by atoms with Crippen molar-refractivity contribution in [3.05, 3.63) is 0 Å². The Labute approximate surface area is 51.7 Å². The number of esters is 1. The number of ether oxygens (including phenoxy) is 2. The zero-order valence-electron chi connectivity index (χ0n) is 4.62. The molecule has 0 aromatic carbocycles. The van der Waals surface area contributed by atoms with Crippen molar-refractivity contribution in [2.24, 2.45) is 5.73 Å². The van der Waals surface area contributed by atoms with Gasteiger partial charge < -0.3 is 15.2 Å². The first kappa shape index (κ1) is 7.90. The second-order valence-electron chi connectivity index (χ2n) is 1.07. The molecule has 0 bridgehead atoms. The first-order chi connectivity index (χ1) is 4.31. The van der Waals surface area contributed by atoms with Gasteiger partial charge in [-0.25, -0.2) is 4.79 Å². The summed E-state index contributed by atoms with van der Waals surface area (Å²) in [5.41, 5.74) is 4.83. The summed E-state index contributed by atoms with van der Waals surface area (Å²) in [5.74, 6) is -0.620. The fraction of sp³-hybridized carbons (Fsp3) is 0.500. The number of carbonyl (C=O) groups is 1. The smallest absolute Gasteiger partial charge is 0.420 e. The predicted octanol–water partition coefficient (Wildman–Crippen LogP) is -1.47. The summed E-state index contributed by atoms with van der Waals surface area (Å²) in [6.45, 7) is 0.442. The quantitative estimate of drug-likeness (QED) is 0.287. The Morgan fingerprint density at radius 1 is 1.67 bits per heavy atom. The first-order valence-electron chi connectivity index (χ1n) is 2.16. The molecule has 0 unspecified atom stereocenters. The number of hydrogen-bond donors (Lipinski definition) is 1. The summed E-state index contributed by atoms with van der Waals surface area (Å²) < 4.78 is 8.08. The lowest BCUT2D eigenvalue weighted by atomic mass is 10.7. The van der Waals surface area contributed by atoms with E-state index in [-0.39, 0.29) is 6.54 Å². The van der Waals surface area contributed by atoms with Gasteiger partial charge in [0, 0.05) is 0 Å². The zero-order valence-corrected chi connectivity index (χ0v) is 4.62. The maximum atomic E-state index is 10.1. The van der Waals surface area contributed by atoms with Crippen molar-refractivity contribution in [1.82, 2.24) is 0 Å². The van der Waals surface area contributed by atoms with Crippen molar-refractivity contribution < 1.29 is 19.1 Å². The van der Waals surface area contributed by atoms with Crippen LogP contribution in [-0.2, 0) is 19.1 Å². The molecule has 0 aromatic rings. The van der Waals surface area contributed by atoms with Crippen LogP contribution in [-0.4, -0.2) is 25.8 Å². The molecule has 0 saturated heterocycles. The second-order valence-corrected chi connectivity index (χ2v) is 1.07. The van der Waals surface area contributed by atoms with Crippen LogP contribution in [0.5, 0.6) is 0 Å². The average Bonchev–Trinajstić information content (AvgIpc) is 1.89. The molecule has 0 rings (SSSR count). The van der Waals surface area contributed by atoms with Gasteiger partial charge in [0.25, 0.3) is 0 Å². The molecule has 0 fully saturated rings. The minimum atomic E-state index is -0.620. The van der Waals surface area contributed by atoms with Gasteiger partial charge in [0.2, 0.25) is 6.79 Å². The molecule has 0 atom stereocenters. The van der Waals surface area contributed by atoms with Gasteiger partial charge in [-0.05, 0) is 0 Å². The molecule has 0 amide bonds. The van der Waals surface area contributed by atoms with Gasteiger partial charge in [0.1, 0.15) is 0 Å². The maximum Gasteiger partial charge on any atom is 0.420 e. The van der Waals surface area contributed by atoms with Gasteiger partial charge in [-0.15, -0.1) is 0 Å². The summed E-state index contributed by atoms with van der Waals surface area (Å²) in [6, 6.07) is 0. The predicted molar refractivity (Wildman–Crippen MR) is 26.8 cm³/mol. The third-order valence-electron chi connectivity index (χ3n) is 0.504. The van der Waals surface area contributed by atoms with Crippen molar-refractivity contribution in [3.8, 4) is 0 Å². The highest BCUT2D eigenvalue weighted by molar-refractivity contribution is 5.71. The molecule has 0 aliphatic heterocycles. The molecule has 0 heterocycles. The van der Waals surface area contributed by atoms with Gasteiger partial charge >= 0.3 is 12.4 Å². The van der Waals surface area contributed by atoms with E-state index in [0.717, 1.165) is 6.47 Å². The van der Waals surface area contributed by atoms with E-state index in [1.807, 2.05) is 0 Å². The van der Waals surface area contributed by atoms with Gasteiger partial charge in [-0.2, -0.15) is 0 Å². The Kier molecular flexibility index (Phi) is 4.43. The molecule has 0 aliphatic rings. The van der Waals surface area contributed by atoms with Crippen LogP contribution in [0.3, 0.4) is 0 Å². The van der Waals surface area contributed by atoms with Crippen LogP contribution in [0.2, 0.25) is 0 Å². The normalized spacial score (nSPS) is 8.11. The topological polar surface area (TPSA) is 78.6 Å². The molecule has 0 spiro atoms. The van der Waals surface area contributed by atoms with Gasteiger partial charge in [-0.3, -0.25) is 4.79 Å². The fourth-order valence-corrected chi connectivity index (χ4v) is 0.178. The SMILES string of the molecule is NCC(=O)OCO[C]=O. The Hall–Kier alpha value is -1.10. The monoisotopic (exact) mass is 132 g/mol. The van der Waals surface area contributed by atoms with E-state index >= 15 is 0 Å². The number of carbonyl (C=O) groups excluding carboxylic acids is 2. The lowest BCUT2D eigenvalue weighted by Gasteiger charge is -1.97. The van der Waals surface area contributed by atoms with Crippen LogP contribution < -0.4 is 5.73 Å². The lowest BCUT2D eigenvalue weighted by Crippen LogP contribution is -2.17. The standard InChI is InChI=1S/C4H6NO4/c5-1-4(7)9-3-8-2-6/h1,3,5H2. The van der Waals surface area contributed by atoms with Crippen molar-refractivity contribution in [2.75, 3.05) is 13.3 Å². The number of hydrogen-bond acceptors (Lipinski definition) is 5. The minimum Gasteiger partial charge on any atom is -0.427 e. The number of nitrogens with two attached hydrogens (primary N) is 1. The minimum absolute atomic E-state index is 0.220. The van der Waals surface area contributed by atoms with E-state index in [1.165, 1.54) is 0 Å². The Balaban J connectivity index is 3.06. The van der Waals surface area contributed by atoms with E-state index < -0.39 is 12.8 Å². The first-order valence-corrected chi connectivity index (χ1v) is 2.16. The summed E-state index contributed by atoms with van der Waals surface area (Å²) >= 11 is 0. The highest BCUT2D eigenvalue weighted by Gasteiger charge is 1.95. The van der Waals surface area contributed by atoms with Crippen LogP contribution in [0.4, 0.5) is 0 Å². The molecule has 1 radical (unpaired) electrons. The average molecular weight is 132 g/mol. The molecule has 5 nitrogen and oxygen atoms in total. The molecule has 5 heteroatoms. The van der Waals surface area contributed by atoms with E-state index in [9.17, 15) is 9.59 Å². The van der Waals surface area contributed by atoms with Crippen LogP contribution in [0.25, 0.3) is 0 Å². The number of rotatable bonds is 4. The molecule has 9 heavy (non-hydrogen) atoms. The van der Waals surface area contributed by atoms with Crippen LogP contribution >= 0.6 is 0 Å². The van der Waals surface area contributed by atoms with E-state index in [0.29, 0.717) is 0 Å². The van der Waals surface area contributed by atoms with Crippen molar-refractivity contribution in [1.29, 1.82) is 0 Å².